The van der Waals surface area contributed by atoms with E-state index >= 15 is 0 Å². The van der Waals surface area contributed by atoms with Crippen LogP contribution in [0.1, 0.15) is 17.4 Å². The number of nitrogen functional groups attached to an aromatic ring is 1. The predicted molar refractivity (Wildman–Crippen MR) is 86.1 cm³/mol. The van der Waals surface area contributed by atoms with E-state index in [1.165, 1.54) is 0 Å². The lowest BCUT2D eigenvalue weighted by Gasteiger charge is -2.24. The second kappa shape index (κ2) is 6.13. The summed E-state index contributed by atoms with van der Waals surface area (Å²) >= 11 is 1.72. The number of rotatable bonds is 4. The Hall–Kier alpha value is -1.75. The van der Waals surface area contributed by atoms with Crippen molar-refractivity contribution >= 4 is 34.3 Å². The van der Waals surface area contributed by atoms with E-state index in [0.717, 1.165) is 16.7 Å². The summed E-state index contributed by atoms with van der Waals surface area (Å²) in [6.07, 6.45) is 2.03. The number of nitrogens with two attached hydrogens (primary N) is 1. The molecule has 0 bridgehead atoms. The van der Waals surface area contributed by atoms with Gasteiger partial charge in [-0.25, -0.2) is 4.98 Å². The molecule has 20 heavy (non-hydrogen) atoms. The van der Waals surface area contributed by atoms with Crippen LogP contribution in [-0.2, 0) is 0 Å². The van der Waals surface area contributed by atoms with Crippen LogP contribution in [0.25, 0.3) is 10.9 Å². The van der Waals surface area contributed by atoms with Crippen molar-refractivity contribution in [3.63, 3.8) is 0 Å². The number of hydrogen-bond acceptors (Lipinski definition) is 4. The van der Waals surface area contributed by atoms with Crippen molar-refractivity contribution < 1.29 is 4.79 Å². The van der Waals surface area contributed by atoms with Crippen molar-refractivity contribution in [1.82, 2.24) is 9.88 Å². The normalized spacial score (nSPS) is 12.3. The number of fused-ring (bicyclic) bond motifs is 1. The lowest BCUT2D eigenvalue weighted by atomic mass is 10.1. The number of anilines is 1. The first-order chi connectivity index (χ1) is 9.54. The fourth-order valence-electron chi connectivity index (χ4n) is 2.05. The van der Waals surface area contributed by atoms with Gasteiger partial charge in [-0.1, -0.05) is 18.2 Å². The van der Waals surface area contributed by atoms with Crippen molar-refractivity contribution in [2.24, 2.45) is 0 Å². The van der Waals surface area contributed by atoms with E-state index in [-0.39, 0.29) is 11.9 Å². The summed E-state index contributed by atoms with van der Waals surface area (Å²) in [5.74, 6) is 0.801. The van der Waals surface area contributed by atoms with E-state index in [1.54, 1.807) is 29.8 Å². The molecule has 1 amide bonds. The number of hydrogen-bond donors (Lipinski definition) is 1. The second-order valence-electron chi connectivity index (χ2n) is 4.83. The largest absolute Gasteiger partial charge is 0.398 e. The Labute approximate surface area is 123 Å². The minimum absolute atomic E-state index is 0.0935. The van der Waals surface area contributed by atoms with Crippen LogP contribution in [0.2, 0.25) is 0 Å². The summed E-state index contributed by atoms with van der Waals surface area (Å²) in [7, 11) is 1.80. The molecule has 2 N–H and O–H groups in total. The van der Waals surface area contributed by atoms with Crippen molar-refractivity contribution in [1.29, 1.82) is 0 Å². The number of aromatic nitrogens is 1. The monoisotopic (exact) mass is 289 g/mol. The van der Waals surface area contributed by atoms with Crippen LogP contribution < -0.4 is 5.73 Å². The first kappa shape index (κ1) is 14.7. The highest BCUT2D eigenvalue weighted by atomic mass is 32.2. The van der Waals surface area contributed by atoms with Crippen LogP contribution >= 0.6 is 11.8 Å². The zero-order valence-electron chi connectivity index (χ0n) is 12.0. The smallest absolute Gasteiger partial charge is 0.272 e. The number of para-hydroxylation sites is 1. The maximum atomic E-state index is 12.5. The van der Waals surface area contributed by atoms with Crippen LogP contribution in [0.15, 0.2) is 30.3 Å². The fraction of sp³-hybridized carbons (Fsp3) is 0.333. The molecule has 1 aromatic heterocycles. The third-order valence-corrected chi connectivity index (χ3v) is 4.17. The molecule has 0 aliphatic heterocycles. The molecule has 0 saturated carbocycles. The molecule has 0 aliphatic rings. The van der Waals surface area contributed by atoms with Gasteiger partial charge in [0, 0.05) is 29.9 Å². The van der Waals surface area contributed by atoms with Gasteiger partial charge in [-0.15, -0.1) is 0 Å². The molecular weight excluding hydrogens is 270 g/mol. The zero-order valence-corrected chi connectivity index (χ0v) is 12.8. The molecule has 1 aromatic carbocycles. The molecule has 5 heteroatoms. The third-order valence-electron chi connectivity index (χ3n) is 3.36. The van der Waals surface area contributed by atoms with Crippen molar-refractivity contribution in [2.75, 3.05) is 24.8 Å². The Balaban J connectivity index is 2.35. The predicted octanol–water partition coefficient (Wildman–Crippen LogP) is 2.64. The molecule has 0 radical (unpaired) electrons. The Morgan fingerprint density at radius 3 is 2.85 bits per heavy atom. The number of carbonyl (C=O) groups excluding carboxylic acids is 1. The number of amides is 1. The summed E-state index contributed by atoms with van der Waals surface area (Å²) in [5, 5.41) is 0.879. The minimum Gasteiger partial charge on any atom is -0.398 e. The summed E-state index contributed by atoms with van der Waals surface area (Å²) in [5.41, 5.74) is 7.75. The number of pyridine rings is 1. The average Bonchev–Trinajstić information content (AvgIpc) is 2.46. The zero-order chi connectivity index (χ0) is 14.7. The van der Waals surface area contributed by atoms with Crippen LogP contribution in [-0.4, -0.2) is 40.9 Å². The van der Waals surface area contributed by atoms with Gasteiger partial charge in [-0.2, -0.15) is 11.8 Å². The summed E-state index contributed by atoms with van der Waals surface area (Å²) in [6.45, 7) is 2.03. The second-order valence-corrected chi connectivity index (χ2v) is 5.74. The molecule has 1 unspecified atom stereocenters. The molecule has 106 valence electrons. The van der Waals surface area contributed by atoms with Gasteiger partial charge in [0.25, 0.3) is 5.91 Å². The van der Waals surface area contributed by atoms with Crippen molar-refractivity contribution in [3.8, 4) is 0 Å². The first-order valence-corrected chi connectivity index (χ1v) is 7.85. The van der Waals surface area contributed by atoms with Gasteiger partial charge >= 0.3 is 0 Å². The van der Waals surface area contributed by atoms with Gasteiger partial charge in [0.1, 0.15) is 5.69 Å². The van der Waals surface area contributed by atoms with Crippen LogP contribution in [0.3, 0.4) is 0 Å². The van der Waals surface area contributed by atoms with Crippen molar-refractivity contribution in [2.45, 2.75) is 13.0 Å². The summed E-state index contributed by atoms with van der Waals surface area (Å²) in [6, 6.07) is 9.40. The Morgan fingerprint density at radius 2 is 2.15 bits per heavy atom. The van der Waals surface area contributed by atoms with Crippen LogP contribution in [0, 0.1) is 0 Å². The quantitative estimate of drug-likeness (QED) is 0.940. The topological polar surface area (TPSA) is 59.2 Å². The number of carbonyl (C=O) groups is 1. The van der Waals surface area contributed by atoms with E-state index in [2.05, 4.69) is 4.98 Å². The van der Waals surface area contributed by atoms with E-state index in [1.807, 2.05) is 37.4 Å². The molecular formula is C15H19N3OS. The summed E-state index contributed by atoms with van der Waals surface area (Å²) < 4.78 is 0. The average molecular weight is 289 g/mol. The van der Waals surface area contributed by atoms with Gasteiger partial charge in [0.15, 0.2) is 0 Å². The number of nitrogens with zero attached hydrogens (tertiary/aromatic N) is 2. The Kier molecular flexibility index (Phi) is 4.49. The lowest BCUT2D eigenvalue weighted by Crippen LogP contribution is -2.37. The highest BCUT2D eigenvalue weighted by molar-refractivity contribution is 7.98. The molecule has 4 nitrogen and oxygen atoms in total. The van der Waals surface area contributed by atoms with Gasteiger partial charge in [0.05, 0.1) is 5.52 Å². The van der Waals surface area contributed by atoms with E-state index in [0.29, 0.717) is 11.4 Å². The summed E-state index contributed by atoms with van der Waals surface area (Å²) in [4.78, 5) is 18.6. The SMILES string of the molecule is CSCC(C)N(C)C(=O)c1cc(N)c2ccccc2n1. The number of thioether (sulfide) groups is 1. The third kappa shape index (κ3) is 2.88. The maximum absolute atomic E-state index is 12.5. The molecule has 2 aromatic rings. The molecule has 2 rings (SSSR count). The molecule has 1 atom stereocenters. The van der Waals surface area contributed by atoms with E-state index in [9.17, 15) is 4.79 Å². The van der Waals surface area contributed by atoms with Gasteiger partial charge in [-0.3, -0.25) is 4.79 Å². The number of benzene rings is 1. The molecule has 0 fully saturated rings. The lowest BCUT2D eigenvalue weighted by molar-refractivity contribution is 0.0752. The minimum atomic E-state index is -0.0935. The van der Waals surface area contributed by atoms with Gasteiger partial charge in [-0.05, 0) is 25.3 Å². The van der Waals surface area contributed by atoms with E-state index in [4.69, 9.17) is 5.73 Å². The van der Waals surface area contributed by atoms with Gasteiger partial charge < -0.3 is 10.6 Å². The van der Waals surface area contributed by atoms with Crippen LogP contribution in [0.5, 0.6) is 0 Å². The maximum Gasteiger partial charge on any atom is 0.272 e. The molecule has 1 heterocycles. The fourth-order valence-corrected chi connectivity index (χ4v) is 2.75. The van der Waals surface area contributed by atoms with Crippen molar-refractivity contribution in [3.05, 3.63) is 36.0 Å². The van der Waals surface area contributed by atoms with Crippen LogP contribution in [0.4, 0.5) is 5.69 Å². The first-order valence-electron chi connectivity index (χ1n) is 6.46. The Morgan fingerprint density at radius 1 is 1.45 bits per heavy atom. The molecule has 0 aliphatic carbocycles. The van der Waals surface area contributed by atoms with E-state index < -0.39 is 0 Å². The highest BCUT2D eigenvalue weighted by Crippen LogP contribution is 2.21. The standard InChI is InChI=1S/C15H19N3OS/c1-10(9-20-3)18(2)15(19)14-8-12(16)11-6-4-5-7-13(11)17-14/h4-8,10H,9H2,1-3H3,(H2,16,17). The van der Waals surface area contributed by atoms with Gasteiger partial charge in [0.2, 0.25) is 0 Å². The molecule has 0 spiro atoms. The molecule has 0 saturated heterocycles. The highest BCUT2D eigenvalue weighted by Gasteiger charge is 2.19. The Bertz CT molecular complexity index is 630.